The molecule has 0 bridgehead atoms. The van der Waals surface area contributed by atoms with Gasteiger partial charge in [-0.2, -0.15) is 0 Å². The van der Waals surface area contributed by atoms with Gasteiger partial charge in [0.2, 0.25) is 15.9 Å². The van der Waals surface area contributed by atoms with E-state index in [1.54, 1.807) is 30.3 Å². The van der Waals surface area contributed by atoms with Crippen LogP contribution in [0, 0.1) is 0 Å². The second-order valence-electron chi connectivity index (χ2n) is 6.49. The predicted octanol–water partition coefficient (Wildman–Crippen LogP) is 1.04. The van der Waals surface area contributed by atoms with E-state index in [1.165, 1.54) is 16.8 Å². The van der Waals surface area contributed by atoms with Gasteiger partial charge in [-0.3, -0.25) is 13.9 Å². The van der Waals surface area contributed by atoms with Crippen molar-refractivity contribution in [2.24, 2.45) is 0 Å². The van der Waals surface area contributed by atoms with Gasteiger partial charge in [0, 0.05) is 11.6 Å². The molecule has 0 fully saturated rings. The lowest BCUT2D eigenvalue weighted by Crippen LogP contribution is -2.36. The van der Waals surface area contributed by atoms with Crippen molar-refractivity contribution >= 4 is 27.5 Å². The Kier molecular flexibility index (Phi) is 5.22. The number of benzene rings is 1. The summed E-state index contributed by atoms with van der Waals surface area (Å²) >= 11 is 0. The van der Waals surface area contributed by atoms with Crippen molar-refractivity contribution in [3.05, 3.63) is 53.5 Å². The highest BCUT2D eigenvalue weighted by Gasteiger charge is 2.32. The van der Waals surface area contributed by atoms with Gasteiger partial charge in [0.15, 0.2) is 0 Å². The van der Waals surface area contributed by atoms with Gasteiger partial charge in [-0.25, -0.2) is 8.42 Å². The van der Waals surface area contributed by atoms with Crippen molar-refractivity contribution < 1.29 is 22.4 Å². The molecule has 1 unspecified atom stereocenters. The first-order chi connectivity index (χ1) is 12.8. The van der Waals surface area contributed by atoms with Crippen LogP contribution >= 0.6 is 0 Å². The molecule has 0 spiro atoms. The first-order valence-corrected chi connectivity index (χ1v) is 10.3. The number of hydrogen-bond acceptors (Lipinski definition) is 5. The summed E-state index contributed by atoms with van der Waals surface area (Å²) in [6, 6.07) is 8.14. The molecule has 0 radical (unpaired) electrons. The van der Waals surface area contributed by atoms with Gasteiger partial charge in [0.1, 0.15) is 5.76 Å². The van der Waals surface area contributed by atoms with Crippen molar-refractivity contribution in [2.75, 3.05) is 17.1 Å². The van der Waals surface area contributed by atoms with Crippen LogP contribution in [0.25, 0.3) is 0 Å². The summed E-state index contributed by atoms with van der Waals surface area (Å²) in [5.74, 6) is -0.105. The summed E-state index contributed by atoms with van der Waals surface area (Å²) in [4.78, 5) is 24.1. The van der Waals surface area contributed by atoms with Gasteiger partial charge in [-0.05, 0) is 49.2 Å². The van der Waals surface area contributed by atoms with Gasteiger partial charge in [0.05, 0.1) is 31.3 Å². The Labute approximate surface area is 157 Å². The Morgan fingerprint density at radius 2 is 2.04 bits per heavy atom. The number of rotatable bonds is 6. The molecule has 1 aliphatic rings. The number of amides is 2. The summed E-state index contributed by atoms with van der Waals surface area (Å²) in [6.45, 7) is 1.91. The fraction of sp³-hybridized carbons (Fsp3) is 0.333. The number of carbonyl (C=O) groups excluding carboxylic acids is 2. The number of furan rings is 1. The average molecular weight is 391 g/mol. The Morgan fingerprint density at radius 1 is 1.26 bits per heavy atom. The zero-order valence-electron chi connectivity index (χ0n) is 15.1. The van der Waals surface area contributed by atoms with Crippen molar-refractivity contribution in [3.63, 3.8) is 0 Å². The van der Waals surface area contributed by atoms with E-state index in [9.17, 15) is 18.0 Å². The van der Waals surface area contributed by atoms with E-state index in [2.05, 4.69) is 10.6 Å². The van der Waals surface area contributed by atoms with E-state index in [0.717, 1.165) is 5.56 Å². The molecule has 1 atom stereocenters. The minimum absolute atomic E-state index is 0.164. The van der Waals surface area contributed by atoms with E-state index < -0.39 is 15.9 Å². The van der Waals surface area contributed by atoms with Crippen molar-refractivity contribution in [2.45, 2.75) is 25.9 Å². The molecule has 1 aromatic carbocycles. The van der Waals surface area contributed by atoms with Crippen molar-refractivity contribution in [1.82, 2.24) is 10.6 Å². The Balaban J connectivity index is 1.60. The lowest BCUT2D eigenvalue weighted by molar-refractivity contribution is -0.120. The molecule has 0 saturated carbocycles. The van der Waals surface area contributed by atoms with E-state index in [4.69, 9.17) is 4.42 Å². The Hall–Kier alpha value is -2.81. The van der Waals surface area contributed by atoms with Crippen LogP contribution in [-0.2, 0) is 27.8 Å². The van der Waals surface area contributed by atoms with Crippen LogP contribution in [0.15, 0.2) is 41.0 Å². The average Bonchev–Trinajstić information content (AvgIpc) is 3.22. The zero-order valence-corrected chi connectivity index (χ0v) is 15.9. The standard InChI is InChI=1S/C18H21N3O5S/c1-12-8-14-9-13(5-6-16(14)21(12)27(2,24)25)18(23)20-11-17(22)19-10-15-4-3-7-26-15/h3-7,9,12H,8,10-11H2,1-2H3,(H,19,22)(H,20,23). The smallest absolute Gasteiger partial charge is 0.251 e. The molecular weight excluding hydrogens is 370 g/mol. The highest BCUT2D eigenvalue weighted by Crippen LogP contribution is 2.34. The third kappa shape index (κ3) is 4.30. The predicted molar refractivity (Wildman–Crippen MR) is 99.8 cm³/mol. The van der Waals surface area contributed by atoms with Crippen LogP contribution in [0.4, 0.5) is 5.69 Å². The Bertz CT molecular complexity index is 953. The van der Waals surface area contributed by atoms with E-state index in [1.807, 2.05) is 6.92 Å². The van der Waals surface area contributed by atoms with Gasteiger partial charge in [0.25, 0.3) is 5.91 Å². The number of hydrogen-bond donors (Lipinski definition) is 2. The number of sulfonamides is 1. The topological polar surface area (TPSA) is 109 Å². The van der Waals surface area contributed by atoms with E-state index >= 15 is 0 Å². The second kappa shape index (κ2) is 7.43. The molecule has 8 nitrogen and oxygen atoms in total. The monoisotopic (exact) mass is 391 g/mol. The fourth-order valence-corrected chi connectivity index (χ4v) is 4.44. The molecule has 1 aliphatic heterocycles. The largest absolute Gasteiger partial charge is 0.467 e. The Morgan fingerprint density at radius 3 is 2.70 bits per heavy atom. The summed E-state index contributed by atoms with van der Waals surface area (Å²) in [6.07, 6.45) is 3.22. The molecule has 0 aliphatic carbocycles. The van der Waals surface area contributed by atoms with Crippen molar-refractivity contribution in [1.29, 1.82) is 0 Å². The molecule has 3 rings (SSSR count). The van der Waals surface area contributed by atoms with Gasteiger partial charge >= 0.3 is 0 Å². The summed E-state index contributed by atoms with van der Waals surface area (Å²) in [5.41, 5.74) is 1.77. The van der Waals surface area contributed by atoms with Crippen molar-refractivity contribution in [3.8, 4) is 0 Å². The minimum Gasteiger partial charge on any atom is -0.467 e. The molecule has 2 amide bonds. The quantitative estimate of drug-likeness (QED) is 0.765. The van der Waals surface area contributed by atoms with E-state index in [0.29, 0.717) is 23.4 Å². The summed E-state index contributed by atoms with van der Waals surface area (Å²) in [7, 11) is -3.37. The van der Waals surface area contributed by atoms with Crippen LogP contribution in [0.5, 0.6) is 0 Å². The molecule has 1 aromatic heterocycles. The van der Waals surface area contributed by atoms with Gasteiger partial charge in [-0.15, -0.1) is 0 Å². The van der Waals surface area contributed by atoms with E-state index in [-0.39, 0.29) is 25.0 Å². The SMILES string of the molecule is CC1Cc2cc(C(=O)NCC(=O)NCc3ccco3)ccc2N1S(C)(=O)=O. The second-order valence-corrected chi connectivity index (χ2v) is 8.35. The van der Waals surface area contributed by atoms with Crippen LogP contribution < -0.4 is 14.9 Å². The van der Waals surface area contributed by atoms with Crippen LogP contribution in [0.2, 0.25) is 0 Å². The molecular formula is C18H21N3O5S. The third-order valence-corrected chi connectivity index (χ3v) is 5.57. The zero-order chi connectivity index (χ0) is 19.6. The minimum atomic E-state index is -3.37. The highest BCUT2D eigenvalue weighted by molar-refractivity contribution is 7.92. The van der Waals surface area contributed by atoms with Crippen LogP contribution in [-0.4, -0.2) is 39.1 Å². The molecule has 2 heterocycles. The molecule has 2 aromatic rings. The lowest BCUT2D eigenvalue weighted by Gasteiger charge is -2.21. The number of carbonyl (C=O) groups is 2. The number of nitrogens with one attached hydrogen (secondary N) is 2. The van der Waals surface area contributed by atoms with Gasteiger partial charge < -0.3 is 15.1 Å². The fourth-order valence-electron chi connectivity index (χ4n) is 3.17. The molecule has 144 valence electrons. The molecule has 0 saturated heterocycles. The highest BCUT2D eigenvalue weighted by atomic mass is 32.2. The summed E-state index contributed by atoms with van der Waals surface area (Å²) < 4.78 is 30.4. The first-order valence-electron chi connectivity index (χ1n) is 8.45. The maximum Gasteiger partial charge on any atom is 0.251 e. The van der Waals surface area contributed by atoms with Gasteiger partial charge in [-0.1, -0.05) is 0 Å². The maximum absolute atomic E-state index is 12.3. The first kappa shape index (κ1) is 19.0. The normalized spacial score (nSPS) is 16.1. The number of fused-ring (bicyclic) bond motifs is 1. The maximum atomic E-state index is 12.3. The van der Waals surface area contributed by atoms with Crippen LogP contribution in [0.3, 0.4) is 0 Å². The lowest BCUT2D eigenvalue weighted by atomic mass is 10.1. The molecule has 27 heavy (non-hydrogen) atoms. The summed E-state index contributed by atoms with van der Waals surface area (Å²) in [5, 5.41) is 5.20. The number of anilines is 1. The molecule has 9 heteroatoms. The third-order valence-electron chi connectivity index (χ3n) is 4.30. The number of nitrogens with zero attached hydrogens (tertiary/aromatic N) is 1. The van der Waals surface area contributed by atoms with Crippen LogP contribution in [0.1, 0.15) is 28.6 Å². The molecule has 2 N–H and O–H groups in total.